The van der Waals surface area contributed by atoms with Crippen LogP contribution in [0, 0.1) is 5.82 Å². The van der Waals surface area contributed by atoms with Gasteiger partial charge in [-0.25, -0.2) is 9.37 Å². The first-order valence-electron chi connectivity index (χ1n) is 7.57. The van der Waals surface area contributed by atoms with Crippen LogP contribution >= 0.6 is 0 Å². The summed E-state index contributed by atoms with van der Waals surface area (Å²) in [5.41, 5.74) is 2.85. The molecule has 0 spiro atoms. The van der Waals surface area contributed by atoms with Crippen molar-refractivity contribution >= 4 is 22.7 Å². The maximum atomic E-state index is 12.9. The number of halogens is 1. The number of oxazole rings is 1. The van der Waals surface area contributed by atoms with Crippen molar-refractivity contribution in [3.05, 3.63) is 78.4 Å². The van der Waals surface area contributed by atoms with Crippen molar-refractivity contribution in [1.82, 2.24) is 9.97 Å². The highest BCUT2D eigenvalue weighted by atomic mass is 19.1. The van der Waals surface area contributed by atoms with E-state index < -0.39 is 0 Å². The highest BCUT2D eigenvalue weighted by Gasteiger charge is 2.12. The standard InChI is InChI=1S/C19H12FN3O2/c20-14-4-6-15(7-5-14)22-18(24)12-3-8-16-17(10-12)25-19(23-16)13-2-1-9-21-11-13/h1-11H,(H,22,24). The number of amides is 1. The molecule has 5 nitrogen and oxygen atoms in total. The molecule has 0 unspecified atom stereocenters. The third kappa shape index (κ3) is 3.10. The first-order chi connectivity index (χ1) is 12.2. The van der Waals surface area contributed by atoms with Crippen LogP contribution in [0.1, 0.15) is 10.4 Å². The minimum absolute atomic E-state index is 0.312. The molecule has 0 atom stereocenters. The Hall–Kier alpha value is -3.54. The summed E-state index contributed by atoms with van der Waals surface area (Å²) in [6.07, 6.45) is 3.33. The molecule has 0 aliphatic rings. The fourth-order valence-electron chi connectivity index (χ4n) is 2.42. The maximum absolute atomic E-state index is 12.9. The third-order valence-corrected chi connectivity index (χ3v) is 3.66. The Kier molecular flexibility index (Phi) is 3.70. The molecular weight excluding hydrogens is 321 g/mol. The predicted octanol–water partition coefficient (Wildman–Crippen LogP) is 4.28. The van der Waals surface area contributed by atoms with Crippen LogP contribution in [0.3, 0.4) is 0 Å². The number of pyridine rings is 1. The molecule has 6 heteroatoms. The second kappa shape index (κ2) is 6.16. The number of carbonyl (C=O) groups excluding carboxylic acids is 1. The fraction of sp³-hybridized carbons (Fsp3) is 0. The Morgan fingerprint density at radius 2 is 1.92 bits per heavy atom. The summed E-state index contributed by atoms with van der Waals surface area (Å²) >= 11 is 0. The van der Waals surface area contributed by atoms with Crippen LogP contribution in [-0.2, 0) is 0 Å². The zero-order valence-corrected chi connectivity index (χ0v) is 12.9. The number of nitrogens with zero attached hydrogens (tertiary/aromatic N) is 2. The van der Waals surface area contributed by atoms with Gasteiger partial charge in [-0.15, -0.1) is 0 Å². The summed E-state index contributed by atoms with van der Waals surface area (Å²) in [6, 6.07) is 14.2. The summed E-state index contributed by atoms with van der Waals surface area (Å²) in [5, 5.41) is 2.71. The molecule has 2 aromatic carbocycles. The van der Waals surface area contributed by atoms with Crippen LogP contribution in [-0.4, -0.2) is 15.9 Å². The summed E-state index contributed by atoms with van der Waals surface area (Å²) < 4.78 is 18.7. The maximum Gasteiger partial charge on any atom is 0.255 e. The number of aromatic nitrogens is 2. The summed E-state index contributed by atoms with van der Waals surface area (Å²) in [5.74, 6) is -0.226. The van der Waals surface area contributed by atoms with Gasteiger partial charge >= 0.3 is 0 Å². The Labute approximate surface area is 142 Å². The Bertz CT molecular complexity index is 1040. The zero-order chi connectivity index (χ0) is 17.2. The van der Waals surface area contributed by atoms with Gasteiger partial charge in [-0.05, 0) is 54.6 Å². The lowest BCUT2D eigenvalue weighted by Crippen LogP contribution is -2.11. The van der Waals surface area contributed by atoms with E-state index in [4.69, 9.17) is 4.42 Å². The first kappa shape index (κ1) is 15.0. The third-order valence-electron chi connectivity index (χ3n) is 3.66. The van der Waals surface area contributed by atoms with Crippen molar-refractivity contribution < 1.29 is 13.6 Å². The molecule has 122 valence electrons. The number of nitrogens with one attached hydrogen (secondary N) is 1. The molecule has 1 amide bonds. The van der Waals surface area contributed by atoms with E-state index in [0.29, 0.717) is 28.2 Å². The van der Waals surface area contributed by atoms with Crippen LogP contribution in [0.25, 0.3) is 22.6 Å². The van der Waals surface area contributed by atoms with Crippen molar-refractivity contribution in [3.63, 3.8) is 0 Å². The molecule has 0 aliphatic heterocycles. The smallest absolute Gasteiger partial charge is 0.255 e. The lowest BCUT2D eigenvalue weighted by molar-refractivity contribution is 0.102. The summed E-state index contributed by atoms with van der Waals surface area (Å²) in [7, 11) is 0. The van der Waals surface area contributed by atoms with Gasteiger partial charge in [0.2, 0.25) is 5.89 Å². The number of anilines is 1. The molecule has 2 aromatic heterocycles. The predicted molar refractivity (Wildman–Crippen MR) is 91.6 cm³/mol. The van der Waals surface area contributed by atoms with Gasteiger partial charge in [-0.1, -0.05) is 0 Å². The van der Waals surface area contributed by atoms with Crippen molar-refractivity contribution in [2.24, 2.45) is 0 Å². The minimum Gasteiger partial charge on any atom is -0.436 e. The molecule has 2 heterocycles. The van der Waals surface area contributed by atoms with Gasteiger partial charge in [0.05, 0.1) is 5.56 Å². The Morgan fingerprint density at radius 1 is 1.08 bits per heavy atom. The molecule has 1 N–H and O–H groups in total. The molecule has 0 saturated carbocycles. The lowest BCUT2D eigenvalue weighted by atomic mass is 10.2. The topological polar surface area (TPSA) is 68.0 Å². The van der Waals surface area contributed by atoms with Crippen LogP contribution in [0.15, 0.2) is 71.4 Å². The van der Waals surface area contributed by atoms with Gasteiger partial charge < -0.3 is 9.73 Å². The molecular formula is C19H12FN3O2. The monoisotopic (exact) mass is 333 g/mol. The molecule has 4 rings (SSSR count). The van der Waals surface area contributed by atoms with Crippen LogP contribution in [0.2, 0.25) is 0 Å². The van der Waals surface area contributed by atoms with Crippen LogP contribution in [0.4, 0.5) is 10.1 Å². The van der Waals surface area contributed by atoms with Crippen LogP contribution in [0.5, 0.6) is 0 Å². The summed E-state index contributed by atoms with van der Waals surface area (Å²) in [4.78, 5) is 20.8. The molecule has 0 fully saturated rings. The van der Waals surface area contributed by atoms with Crippen molar-refractivity contribution in [2.75, 3.05) is 5.32 Å². The largest absolute Gasteiger partial charge is 0.436 e. The Morgan fingerprint density at radius 3 is 2.68 bits per heavy atom. The summed E-state index contributed by atoms with van der Waals surface area (Å²) in [6.45, 7) is 0. The molecule has 0 aliphatic carbocycles. The highest BCUT2D eigenvalue weighted by Crippen LogP contribution is 2.24. The van der Waals surface area contributed by atoms with Gasteiger partial charge in [-0.2, -0.15) is 0 Å². The van der Waals surface area contributed by atoms with Crippen molar-refractivity contribution in [2.45, 2.75) is 0 Å². The van der Waals surface area contributed by atoms with Gasteiger partial charge in [-0.3, -0.25) is 9.78 Å². The molecule has 25 heavy (non-hydrogen) atoms. The van der Waals surface area contributed by atoms with E-state index in [9.17, 15) is 9.18 Å². The van der Waals surface area contributed by atoms with E-state index in [2.05, 4.69) is 15.3 Å². The number of benzene rings is 2. The Balaban J connectivity index is 1.62. The van der Waals surface area contributed by atoms with E-state index in [1.54, 1.807) is 36.7 Å². The second-order valence-electron chi connectivity index (χ2n) is 5.40. The van der Waals surface area contributed by atoms with E-state index >= 15 is 0 Å². The molecule has 0 saturated heterocycles. The number of hydrogen-bond acceptors (Lipinski definition) is 4. The highest BCUT2D eigenvalue weighted by molar-refractivity contribution is 6.05. The number of hydrogen-bond donors (Lipinski definition) is 1. The van der Waals surface area contributed by atoms with Crippen LogP contribution < -0.4 is 5.32 Å². The van der Waals surface area contributed by atoms with Crippen molar-refractivity contribution in [1.29, 1.82) is 0 Å². The lowest BCUT2D eigenvalue weighted by Gasteiger charge is -2.04. The second-order valence-corrected chi connectivity index (χ2v) is 5.40. The SMILES string of the molecule is O=C(Nc1ccc(F)cc1)c1ccc2nc(-c3cccnc3)oc2c1. The average molecular weight is 333 g/mol. The first-order valence-corrected chi connectivity index (χ1v) is 7.57. The van der Waals surface area contributed by atoms with E-state index in [0.717, 1.165) is 5.56 Å². The van der Waals surface area contributed by atoms with Gasteiger partial charge in [0.15, 0.2) is 5.58 Å². The number of fused-ring (bicyclic) bond motifs is 1. The van der Waals surface area contributed by atoms with Gasteiger partial charge in [0.25, 0.3) is 5.91 Å². The van der Waals surface area contributed by atoms with E-state index in [1.165, 1.54) is 24.3 Å². The quantitative estimate of drug-likeness (QED) is 0.607. The van der Waals surface area contributed by atoms with Crippen molar-refractivity contribution in [3.8, 4) is 11.5 Å². The molecule has 0 radical (unpaired) electrons. The fourth-order valence-corrected chi connectivity index (χ4v) is 2.42. The van der Waals surface area contributed by atoms with Gasteiger partial charge in [0, 0.05) is 23.6 Å². The molecule has 0 bridgehead atoms. The average Bonchev–Trinajstić information content (AvgIpc) is 3.07. The number of carbonyl (C=O) groups is 1. The number of rotatable bonds is 3. The minimum atomic E-state index is -0.357. The van der Waals surface area contributed by atoms with E-state index in [1.807, 2.05) is 6.07 Å². The molecule has 4 aromatic rings. The normalized spacial score (nSPS) is 10.8. The zero-order valence-electron chi connectivity index (χ0n) is 12.9. The van der Waals surface area contributed by atoms with E-state index in [-0.39, 0.29) is 11.7 Å². The van der Waals surface area contributed by atoms with Gasteiger partial charge in [0.1, 0.15) is 11.3 Å².